The van der Waals surface area contributed by atoms with Gasteiger partial charge in [-0.2, -0.15) is 5.10 Å². The van der Waals surface area contributed by atoms with Crippen molar-refractivity contribution in [2.24, 2.45) is 11.7 Å². The molecule has 7 nitrogen and oxygen atoms in total. The van der Waals surface area contributed by atoms with Crippen molar-refractivity contribution in [2.45, 2.75) is 44.2 Å². The van der Waals surface area contributed by atoms with E-state index >= 15 is 0 Å². The number of nitrogens with two attached hydrogens (primary N) is 1. The molecule has 0 bridgehead atoms. The molecule has 2 aromatic heterocycles. The quantitative estimate of drug-likeness (QED) is 0.804. The molecule has 27 heavy (non-hydrogen) atoms. The Morgan fingerprint density at radius 2 is 2.22 bits per heavy atom. The monoisotopic (exact) mass is 379 g/mol. The number of aromatic nitrogens is 3. The fraction of sp³-hybridized carbons (Fsp3) is 0.500. The Kier molecular flexibility index (Phi) is 5.69. The Hall–Kier alpha value is -2.55. The summed E-state index contributed by atoms with van der Waals surface area (Å²) >= 11 is 0. The topological polar surface area (TPSA) is 95.1 Å². The Morgan fingerprint density at radius 3 is 2.93 bits per heavy atom. The lowest BCUT2D eigenvalue weighted by molar-refractivity contribution is -0.120. The third-order valence-corrected chi connectivity index (χ3v) is 4.85. The van der Waals surface area contributed by atoms with Crippen molar-refractivity contribution in [3.05, 3.63) is 36.3 Å². The summed E-state index contributed by atoms with van der Waals surface area (Å²) in [7, 11) is 1.54. The van der Waals surface area contributed by atoms with Gasteiger partial charge in [-0.25, -0.2) is 13.8 Å². The lowest BCUT2D eigenvalue weighted by atomic mass is 9.82. The molecule has 2 aromatic rings. The SMILES string of the molecule is COc1ncccc1Cn1cc(NC(=O)C(N)C2CCC(F)(F)CC2)cn1. The normalized spacial score (nSPS) is 18.1. The highest BCUT2D eigenvalue weighted by atomic mass is 19.3. The van der Waals surface area contributed by atoms with Gasteiger partial charge in [0.1, 0.15) is 0 Å². The second kappa shape index (κ2) is 7.99. The maximum Gasteiger partial charge on any atom is 0.248 e. The summed E-state index contributed by atoms with van der Waals surface area (Å²) in [5.41, 5.74) is 7.34. The molecule has 0 aromatic carbocycles. The van der Waals surface area contributed by atoms with Gasteiger partial charge in [0.25, 0.3) is 0 Å². The smallest absolute Gasteiger partial charge is 0.248 e. The van der Waals surface area contributed by atoms with Crippen molar-refractivity contribution in [3.8, 4) is 5.88 Å². The number of rotatable bonds is 6. The Morgan fingerprint density at radius 1 is 1.48 bits per heavy atom. The molecule has 1 saturated carbocycles. The van der Waals surface area contributed by atoms with Gasteiger partial charge in [0.2, 0.25) is 17.7 Å². The first-order chi connectivity index (χ1) is 12.9. The lowest BCUT2D eigenvalue weighted by Gasteiger charge is -2.31. The average molecular weight is 379 g/mol. The number of amides is 1. The molecule has 0 radical (unpaired) electrons. The van der Waals surface area contributed by atoms with Crippen LogP contribution in [-0.2, 0) is 11.3 Å². The predicted molar refractivity (Wildman–Crippen MR) is 95.6 cm³/mol. The van der Waals surface area contributed by atoms with Crippen LogP contribution >= 0.6 is 0 Å². The number of carbonyl (C=O) groups is 1. The highest BCUT2D eigenvalue weighted by Crippen LogP contribution is 2.37. The molecule has 0 saturated heterocycles. The van der Waals surface area contributed by atoms with Crippen LogP contribution < -0.4 is 15.8 Å². The predicted octanol–water partition coefficient (Wildman–Crippen LogP) is 2.43. The molecule has 146 valence electrons. The van der Waals surface area contributed by atoms with Crippen molar-refractivity contribution in [3.63, 3.8) is 0 Å². The van der Waals surface area contributed by atoms with Crippen LogP contribution in [0.2, 0.25) is 0 Å². The number of ether oxygens (including phenoxy) is 1. The van der Waals surface area contributed by atoms with E-state index in [9.17, 15) is 13.6 Å². The number of pyridine rings is 1. The van der Waals surface area contributed by atoms with Crippen LogP contribution in [0.4, 0.5) is 14.5 Å². The van der Waals surface area contributed by atoms with E-state index in [4.69, 9.17) is 10.5 Å². The molecule has 9 heteroatoms. The van der Waals surface area contributed by atoms with Gasteiger partial charge in [-0.15, -0.1) is 0 Å². The van der Waals surface area contributed by atoms with Crippen LogP contribution in [0.5, 0.6) is 5.88 Å². The van der Waals surface area contributed by atoms with Crippen molar-refractivity contribution < 1.29 is 18.3 Å². The molecular weight excluding hydrogens is 356 g/mol. The van der Waals surface area contributed by atoms with E-state index in [1.807, 2.05) is 6.07 Å². The standard InChI is InChI=1S/C18H23F2N5O2/c1-27-17-13(3-2-8-22-17)10-25-11-14(9-23-25)24-16(26)15(21)12-4-6-18(19,20)7-5-12/h2-3,8-9,11-12,15H,4-7,10,21H2,1H3,(H,24,26). The average Bonchev–Trinajstić information content (AvgIpc) is 3.08. The highest BCUT2D eigenvalue weighted by Gasteiger charge is 2.38. The van der Waals surface area contributed by atoms with Crippen molar-refractivity contribution >= 4 is 11.6 Å². The molecule has 1 amide bonds. The number of methoxy groups -OCH3 is 1. The summed E-state index contributed by atoms with van der Waals surface area (Å²) in [6, 6.07) is 2.86. The zero-order valence-electron chi connectivity index (χ0n) is 15.1. The largest absolute Gasteiger partial charge is 0.481 e. The number of hydrogen-bond acceptors (Lipinski definition) is 5. The number of hydrogen-bond donors (Lipinski definition) is 2. The van der Waals surface area contributed by atoms with Crippen LogP contribution in [0.25, 0.3) is 0 Å². The van der Waals surface area contributed by atoms with Gasteiger partial charge in [0.05, 0.1) is 31.6 Å². The molecule has 3 N–H and O–H groups in total. The van der Waals surface area contributed by atoms with Gasteiger partial charge in [-0.05, 0) is 24.8 Å². The summed E-state index contributed by atoms with van der Waals surface area (Å²) < 4.78 is 33.4. The number of anilines is 1. The minimum atomic E-state index is -2.64. The molecule has 2 heterocycles. The van der Waals surface area contributed by atoms with E-state index in [0.717, 1.165) is 5.56 Å². The summed E-state index contributed by atoms with van der Waals surface area (Å²) in [6.45, 7) is 0.427. The van der Waals surface area contributed by atoms with Crippen LogP contribution in [0, 0.1) is 5.92 Å². The fourth-order valence-electron chi connectivity index (χ4n) is 3.28. The number of nitrogens with one attached hydrogen (secondary N) is 1. The number of nitrogens with zero attached hydrogens (tertiary/aromatic N) is 3. The molecule has 1 unspecified atom stereocenters. The Labute approximate surface area is 155 Å². The number of alkyl halides is 2. The maximum absolute atomic E-state index is 13.3. The fourth-order valence-corrected chi connectivity index (χ4v) is 3.28. The van der Waals surface area contributed by atoms with Crippen molar-refractivity contribution in [1.29, 1.82) is 0 Å². The van der Waals surface area contributed by atoms with E-state index in [0.29, 0.717) is 18.1 Å². The second-order valence-electron chi connectivity index (χ2n) is 6.81. The van der Waals surface area contributed by atoms with E-state index in [1.54, 1.807) is 30.3 Å². The summed E-state index contributed by atoms with van der Waals surface area (Å²) in [6.07, 6.45) is 4.89. The van der Waals surface area contributed by atoms with Crippen LogP contribution in [0.3, 0.4) is 0 Å². The van der Waals surface area contributed by atoms with Gasteiger partial charge in [-0.1, -0.05) is 6.07 Å². The number of carbonyl (C=O) groups excluding carboxylic acids is 1. The van der Waals surface area contributed by atoms with E-state index in [2.05, 4.69) is 15.4 Å². The lowest BCUT2D eigenvalue weighted by Crippen LogP contribution is -2.44. The first-order valence-corrected chi connectivity index (χ1v) is 8.82. The highest BCUT2D eigenvalue weighted by molar-refractivity contribution is 5.94. The van der Waals surface area contributed by atoms with Crippen molar-refractivity contribution in [1.82, 2.24) is 14.8 Å². The first kappa shape index (κ1) is 19.2. The minimum Gasteiger partial charge on any atom is -0.481 e. The summed E-state index contributed by atoms with van der Waals surface area (Å²) in [5, 5.41) is 6.92. The van der Waals surface area contributed by atoms with E-state index in [-0.39, 0.29) is 37.5 Å². The van der Waals surface area contributed by atoms with Gasteiger partial charge in [-0.3, -0.25) is 9.48 Å². The molecular formula is C18H23F2N5O2. The molecule has 1 aliphatic rings. The molecule has 1 fully saturated rings. The van der Waals surface area contributed by atoms with Gasteiger partial charge in [0.15, 0.2) is 0 Å². The Bertz CT molecular complexity index is 786. The van der Waals surface area contributed by atoms with Crippen LogP contribution in [-0.4, -0.2) is 39.7 Å². The zero-order valence-corrected chi connectivity index (χ0v) is 15.1. The zero-order chi connectivity index (χ0) is 19.4. The molecule has 1 atom stereocenters. The molecule has 0 spiro atoms. The molecule has 1 aliphatic carbocycles. The summed E-state index contributed by atoms with van der Waals surface area (Å²) in [4.78, 5) is 16.5. The van der Waals surface area contributed by atoms with Crippen molar-refractivity contribution in [2.75, 3.05) is 12.4 Å². The third kappa shape index (κ3) is 4.79. The molecule has 0 aliphatic heterocycles. The van der Waals surface area contributed by atoms with Crippen LogP contribution in [0.1, 0.15) is 31.2 Å². The van der Waals surface area contributed by atoms with Crippen LogP contribution in [0.15, 0.2) is 30.7 Å². The third-order valence-electron chi connectivity index (χ3n) is 4.85. The van der Waals surface area contributed by atoms with Gasteiger partial charge >= 0.3 is 0 Å². The molecule has 3 rings (SSSR count). The first-order valence-electron chi connectivity index (χ1n) is 8.82. The van der Waals surface area contributed by atoms with Gasteiger partial charge in [0, 0.05) is 30.8 Å². The second-order valence-corrected chi connectivity index (χ2v) is 6.81. The van der Waals surface area contributed by atoms with E-state index in [1.165, 1.54) is 6.20 Å². The maximum atomic E-state index is 13.3. The minimum absolute atomic E-state index is 0.219. The number of halogens is 2. The van der Waals surface area contributed by atoms with E-state index < -0.39 is 12.0 Å². The summed E-state index contributed by atoms with van der Waals surface area (Å²) in [5.74, 6) is -2.75. The Balaban J connectivity index is 1.58. The van der Waals surface area contributed by atoms with Gasteiger partial charge < -0.3 is 15.8 Å².